The van der Waals surface area contributed by atoms with Crippen molar-refractivity contribution in [3.05, 3.63) is 18.1 Å². The van der Waals surface area contributed by atoms with Gasteiger partial charge in [-0.3, -0.25) is 9.19 Å². The molecule has 1 saturated heterocycles. The van der Waals surface area contributed by atoms with Gasteiger partial charge in [0.2, 0.25) is 0 Å². The van der Waals surface area contributed by atoms with Crippen molar-refractivity contribution in [3.63, 3.8) is 0 Å². The van der Waals surface area contributed by atoms with Crippen LogP contribution in [0.3, 0.4) is 0 Å². The van der Waals surface area contributed by atoms with Gasteiger partial charge < -0.3 is 5.32 Å². The van der Waals surface area contributed by atoms with E-state index in [9.17, 15) is 4.21 Å². The van der Waals surface area contributed by atoms with Gasteiger partial charge in [-0.25, -0.2) is 4.98 Å². The number of nitrogens with zero attached hydrogens (tertiary/aromatic N) is 2. The molecule has 1 aromatic heterocycles. The number of piperidine rings is 1. The maximum absolute atomic E-state index is 12.1. The molecule has 1 N–H and O–H groups in total. The van der Waals surface area contributed by atoms with E-state index in [-0.39, 0.29) is 0 Å². The quantitative estimate of drug-likeness (QED) is 0.856. The van der Waals surface area contributed by atoms with Gasteiger partial charge in [0.1, 0.15) is 5.03 Å². The summed E-state index contributed by atoms with van der Waals surface area (Å²) in [7, 11) is -1.03. The maximum atomic E-state index is 12.1. The second-order valence-electron chi connectivity index (χ2n) is 4.11. The first-order valence-corrected chi connectivity index (χ1v) is 6.98. The van der Waals surface area contributed by atoms with Gasteiger partial charge in [-0.2, -0.15) is 0 Å². The summed E-state index contributed by atoms with van der Waals surface area (Å²) in [6.07, 6.45) is 6.82. The summed E-state index contributed by atoms with van der Waals surface area (Å²) in [4.78, 5) is 8.27. The Kier molecular flexibility index (Phi) is 4.01. The van der Waals surface area contributed by atoms with Gasteiger partial charge in [0, 0.05) is 24.2 Å². The Labute approximate surface area is 98.3 Å². The van der Waals surface area contributed by atoms with E-state index in [2.05, 4.69) is 15.3 Å². The van der Waals surface area contributed by atoms with Gasteiger partial charge in [0.25, 0.3) is 0 Å². The molecule has 1 aromatic rings. The third-order valence-corrected chi connectivity index (χ3v) is 4.35. The van der Waals surface area contributed by atoms with Crippen LogP contribution in [0.25, 0.3) is 0 Å². The highest BCUT2D eigenvalue weighted by Crippen LogP contribution is 2.12. The summed E-state index contributed by atoms with van der Waals surface area (Å²) in [5.74, 6) is 0.652. The van der Waals surface area contributed by atoms with Crippen LogP contribution >= 0.6 is 0 Å². The normalized spacial score (nSPS) is 22.9. The SMILES string of the molecule is Cc1nccnc1[S@](=O)C[C@@H]1CCCCN1. The standard InChI is InChI=1S/C11H17N3OS/c1-9-11(14-7-6-12-9)16(15)8-10-4-2-3-5-13-10/h6-7,10,13H,2-5,8H2,1H3/t10-,16+/m0/s1. The summed E-state index contributed by atoms with van der Waals surface area (Å²) in [5, 5.41) is 4.03. The molecular weight excluding hydrogens is 222 g/mol. The summed E-state index contributed by atoms with van der Waals surface area (Å²) in [5.41, 5.74) is 0.775. The minimum Gasteiger partial charge on any atom is -0.313 e. The van der Waals surface area contributed by atoms with Crippen LogP contribution in [-0.2, 0) is 10.8 Å². The van der Waals surface area contributed by atoms with E-state index in [4.69, 9.17) is 0 Å². The zero-order valence-electron chi connectivity index (χ0n) is 9.48. The molecular formula is C11H17N3OS. The van der Waals surface area contributed by atoms with Gasteiger partial charge in [0.05, 0.1) is 16.5 Å². The largest absolute Gasteiger partial charge is 0.313 e. The molecule has 0 bridgehead atoms. The molecule has 0 radical (unpaired) electrons. The lowest BCUT2D eigenvalue weighted by atomic mass is 10.1. The summed E-state index contributed by atoms with van der Waals surface area (Å²) < 4.78 is 12.1. The van der Waals surface area contributed by atoms with Crippen LogP contribution in [0, 0.1) is 6.92 Å². The lowest BCUT2D eigenvalue weighted by molar-refractivity contribution is 0.427. The average molecular weight is 239 g/mol. The number of rotatable bonds is 3. The average Bonchev–Trinajstić information content (AvgIpc) is 2.31. The van der Waals surface area contributed by atoms with Gasteiger partial charge in [-0.05, 0) is 26.3 Å². The second-order valence-corrected chi connectivity index (χ2v) is 5.52. The smallest absolute Gasteiger partial charge is 0.148 e. The van der Waals surface area contributed by atoms with Crippen molar-refractivity contribution in [1.29, 1.82) is 0 Å². The van der Waals surface area contributed by atoms with Crippen LogP contribution in [0.2, 0.25) is 0 Å². The highest BCUT2D eigenvalue weighted by molar-refractivity contribution is 7.85. The molecule has 0 unspecified atom stereocenters. The topological polar surface area (TPSA) is 54.9 Å². The zero-order chi connectivity index (χ0) is 11.4. The van der Waals surface area contributed by atoms with E-state index in [1.807, 2.05) is 6.92 Å². The third-order valence-electron chi connectivity index (χ3n) is 2.82. The van der Waals surface area contributed by atoms with E-state index in [0.717, 1.165) is 18.7 Å². The predicted molar refractivity (Wildman–Crippen MR) is 63.7 cm³/mol. The second kappa shape index (κ2) is 5.50. The molecule has 5 heteroatoms. The number of aryl methyl sites for hydroxylation is 1. The van der Waals surface area contributed by atoms with Crippen molar-refractivity contribution in [2.75, 3.05) is 12.3 Å². The molecule has 0 aromatic carbocycles. The molecule has 0 saturated carbocycles. The van der Waals surface area contributed by atoms with Gasteiger partial charge in [-0.1, -0.05) is 6.42 Å². The Hall–Kier alpha value is -0.810. The minimum atomic E-state index is -1.03. The van der Waals surface area contributed by atoms with Crippen LogP contribution in [0.5, 0.6) is 0 Å². The van der Waals surface area contributed by atoms with E-state index in [0.29, 0.717) is 16.8 Å². The van der Waals surface area contributed by atoms with Crippen molar-refractivity contribution in [3.8, 4) is 0 Å². The third kappa shape index (κ3) is 2.86. The highest BCUT2D eigenvalue weighted by atomic mass is 32.2. The molecule has 0 amide bonds. The molecule has 2 heterocycles. The first-order chi connectivity index (χ1) is 7.77. The number of hydrogen-bond donors (Lipinski definition) is 1. The minimum absolute atomic E-state index is 0.371. The van der Waals surface area contributed by atoms with Crippen molar-refractivity contribution >= 4 is 10.8 Å². The zero-order valence-corrected chi connectivity index (χ0v) is 10.3. The molecule has 1 aliphatic rings. The Morgan fingerprint density at radius 3 is 2.94 bits per heavy atom. The Morgan fingerprint density at radius 1 is 1.44 bits per heavy atom. The monoisotopic (exact) mass is 239 g/mol. The Balaban J connectivity index is 2.00. The number of aromatic nitrogens is 2. The molecule has 1 aliphatic heterocycles. The van der Waals surface area contributed by atoms with Gasteiger partial charge >= 0.3 is 0 Å². The van der Waals surface area contributed by atoms with E-state index < -0.39 is 10.8 Å². The van der Waals surface area contributed by atoms with Gasteiger partial charge in [0.15, 0.2) is 0 Å². The fraction of sp³-hybridized carbons (Fsp3) is 0.636. The van der Waals surface area contributed by atoms with Crippen LogP contribution in [0.1, 0.15) is 25.0 Å². The van der Waals surface area contributed by atoms with Crippen LogP contribution < -0.4 is 5.32 Å². The first kappa shape index (κ1) is 11.7. The first-order valence-electron chi connectivity index (χ1n) is 5.67. The summed E-state index contributed by atoms with van der Waals surface area (Å²) >= 11 is 0. The molecule has 1 fully saturated rings. The van der Waals surface area contributed by atoms with Crippen LogP contribution in [0.15, 0.2) is 17.4 Å². The molecule has 0 aliphatic carbocycles. The van der Waals surface area contributed by atoms with Crippen LogP contribution in [0.4, 0.5) is 0 Å². The highest BCUT2D eigenvalue weighted by Gasteiger charge is 2.18. The van der Waals surface area contributed by atoms with E-state index in [1.165, 1.54) is 12.8 Å². The predicted octanol–water partition coefficient (Wildman–Crippen LogP) is 1.03. The van der Waals surface area contributed by atoms with Crippen molar-refractivity contribution < 1.29 is 4.21 Å². The fourth-order valence-electron chi connectivity index (χ4n) is 1.95. The molecule has 88 valence electrons. The Bertz CT molecular complexity index is 377. The van der Waals surface area contributed by atoms with Gasteiger partial charge in [-0.15, -0.1) is 0 Å². The molecule has 0 spiro atoms. The molecule has 2 atom stereocenters. The van der Waals surface area contributed by atoms with E-state index >= 15 is 0 Å². The number of nitrogens with one attached hydrogen (secondary N) is 1. The van der Waals surface area contributed by atoms with Crippen molar-refractivity contribution in [2.45, 2.75) is 37.3 Å². The lowest BCUT2D eigenvalue weighted by Crippen LogP contribution is -2.38. The Morgan fingerprint density at radius 2 is 2.25 bits per heavy atom. The maximum Gasteiger partial charge on any atom is 0.148 e. The molecule has 2 rings (SSSR count). The van der Waals surface area contributed by atoms with Crippen molar-refractivity contribution in [2.24, 2.45) is 0 Å². The van der Waals surface area contributed by atoms with Crippen molar-refractivity contribution in [1.82, 2.24) is 15.3 Å². The molecule has 16 heavy (non-hydrogen) atoms. The lowest BCUT2D eigenvalue weighted by Gasteiger charge is -2.22. The van der Waals surface area contributed by atoms with E-state index in [1.54, 1.807) is 12.4 Å². The number of hydrogen-bond acceptors (Lipinski definition) is 4. The summed E-state index contributed by atoms with van der Waals surface area (Å²) in [6.45, 7) is 2.90. The summed E-state index contributed by atoms with van der Waals surface area (Å²) in [6, 6.07) is 0.371. The van der Waals surface area contributed by atoms with Crippen LogP contribution in [-0.4, -0.2) is 32.5 Å². The fourth-order valence-corrected chi connectivity index (χ4v) is 3.31. The molecule has 4 nitrogen and oxygen atoms in total.